The fourth-order valence-electron chi connectivity index (χ4n) is 2.90. The SMILES string of the molecule is O=C(CN1C(=O)CCOc2ccccc21)Nc1ccc(Oc2cnccn2)cc1. The molecule has 1 aromatic heterocycles. The molecule has 0 atom stereocenters. The lowest BCUT2D eigenvalue weighted by atomic mass is 10.2. The highest BCUT2D eigenvalue weighted by molar-refractivity contribution is 6.03. The molecule has 0 radical (unpaired) electrons. The van der Waals surface area contributed by atoms with E-state index >= 15 is 0 Å². The number of anilines is 2. The number of aromatic nitrogens is 2. The Morgan fingerprint density at radius 3 is 2.76 bits per heavy atom. The zero-order chi connectivity index (χ0) is 20.1. The Labute approximate surface area is 167 Å². The summed E-state index contributed by atoms with van der Waals surface area (Å²) in [6.07, 6.45) is 4.83. The molecule has 1 N–H and O–H groups in total. The Balaban J connectivity index is 1.41. The molecule has 1 aliphatic rings. The first-order chi connectivity index (χ1) is 14.2. The van der Waals surface area contributed by atoms with Gasteiger partial charge in [-0.25, -0.2) is 4.98 Å². The van der Waals surface area contributed by atoms with Crippen LogP contribution in [0.15, 0.2) is 67.1 Å². The Morgan fingerprint density at radius 1 is 1.14 bits per heavy atom. The molecule has 0 bridgehead atoms. The molecule has 0 fully saturated rings. The van der Waals surface area contributed by atoms with Crippen LogP contribution >= 0.6 is 0 Å². The maximum absolute atomic E-state index is 12.5. The molecule has 1 aliphatic heterocycles. The van der Waals surface area contributed by atoms with E-state index in [0.717, 1.165) is 0 Å². The second-order valence-corrected chi connectivity index (χ2v) is 6.26. The molecular weight excluding hydrogens is 372 g/mol. The van der Waals surface area contributed by atoms with Gasteiger partial charge in [0.15, 0.2) is 0 Å². The van der Waals surface area contributed by atoms with Crippen LogP contribution in [0.5, 0.6) is 17.4 Å². The van der Waals surface area contributed by atoms with Gasteiger partial charge >= 0.3 is 0 Å². The molecule has 8 heteroatoms. The van der Waals surface area contributed by atoms with E-state index in [0.29, 0.717) is 35.4 Å². The summed E-state index contributed by atoms with van der Waals surface area (Å²) in [6, 6.07) is 14.0. The standard InChI is InChI=1S/C21H18N4O4/c26-19(14-25-17-3-1-2-4-18(17)28-12-9-21(25)27)24-15-5-7-16(8-6-15)29-20-13-22-10-11-23-20/h1-8,10-11,13H,9,12,14H2,(H,24,26). The number of hydrogen-bond acceptors (Lipinski definition) is 6. The van der Waals surface area contributed by atoms with Crippen molar-refractivity contribution in [3.8, 4) is 17.4 Å². The van der Waals surface area contributed by atoms with E-state index in [1.165, 1.54) is 17.3 Å². The van der Waals surface area contributed by atoms with E-state index in [4.69, 9.17) is 9.47 Å². The van der Waals surface area contributed by atoms with Crippen molar-refractivity contribution in [2.75, 3.05) is 23.4 Å². The van der Waals surface area contributed by atoms with Gasteiger partial charge in [-0.2, -0.15) is 0 Å². The number of rotatable bonds is 5. The molecule has 8 nitrogen and oxygen atoms in total. The molecule has 0 unspecified atom stereocenters. The van der Waals surface area contributed by atoms with Crippen molar-refractivity contribution in [2.24, 2.45) is 0 Å². The Bertz CT molecular complexity index is 1010. The van der Waals surface area contributed by atoms with Crippen molar-refractivity contribution in [1.82, 2.24) is 9.97 Å². The lowest BCUT2D eigenvalue weighted by Crippen LogP contribution is -2.37. The third kappa shape index (κ3) is 4.49. The summed E-state index contributed by atoms with van der Waals surface area (Å²) >= 11 is 0. The fourth-order valence-corrected chi connectivity index (χ4v) is 2.90. The molecule has 0 saturated carbocycles. The topological polar surface area (TPSA) is 93.7 Å². The molecular formula is C21H18N4O4. The van der Waals surface area contributed by atoms with Crippen LogP contribution in [0, 0.1) is 0 Å². The first-order valence-corrected chi connectivity index (χ1v) is 9.05. The van der Waals surface area contributed by atoms with Crippen LogP contribution in [0.2, 0.25) is 0 Å². The van der Waals surface area contributed by atoms with Crippen molar-refractivity contribution in [2.45, 2.75) is 6.42 Å². The van der Waals surface area contributed by atoms with Crippen LogP contribution in [-0.4, -0.2) is 34.9 Å². The molecule has 4 rings (SSSR count). The van der Waals surface area contributed by atoms with E-state index in [1.54, 1.807) is 42.6 Å². The molecule has 3 aromatic rings. The highest BCUT2D eigenvalue weighted by atomic mass is 16.5. The maximum atomic E-state index is 12.5. The Hall–Kier alpha value is -3.94. The van der Waals surface area contributed by atoms with Crippen LogP contribution < -0.4 is 19.7 Å². The smallest absolute Gasteiger partial charge is 0.244 e. The number of ether oxygens (including phenoxy) is 2. The van der Waals surface area contributed by atoms with E-state index in [1.807, 2.05) is 12.1 Å². The summed E-state index contributed by atoms with van der Waals surface area (Å²) in [5.41, 5.74) is 1.19. The number of para-hydroxylation sites is 2. The fraction of sp³-hybridized carbons (Fsp3) is 0.143. The summed E-state index contributed by atoms with van der Waals surface area (Å²) in [7, 11) is 0. The van der Waals surface area contributed by atoms with Gasteiger partial charge in [0.05, 0.1) is 24.9 Å². The number of hydrogen-bond donors (Lipinski definition) is 1. The summed E-state index contributed by atoms with van der Waals surface area (Å²) in [6.45, 7) is 0.193. The first kappa shape index (κ1) is 18.4. The van der Waals surface area contributed by atoms with Gasteiger partial charge in [-0.1, -0.05) is 12.1 Å². The third-order valence-corrected chi connectivity index (χ3v) is 4.23. The summed E-state index contributed by atoms with van der Waals surface area (Å²) in [5.74, 6) is 1.08. The predicted molar refractivity (Wildman–Crippen MR) is 106 cm³/mol. The van der Waals surface area contributed by atoms with Crippen LogP contribution in [0.3, 0.4) is 0 Å². The van der Waals surface area contributed by atoms with Crippen LogP contribution in [0.4, 0.5) is 11.4 Å². The number of nitrogens with one attached hydrogen (secondary N) is 1. The van der Waals surface area contributed by atoms with Crippen molar-refractivity contribution in [1.29, 1.82) is 0 Å². The highest BCUT2D eigenvalue weighted by Gasteiger charge is 2.25. The quantitative estimate of drug-likeness (QED) is 0.720. The van der Waals surface area contributed by atoms with Crippen molar-refractivity contribution >= 4 is 23.2 Å². The molecule has 2 amide bonds. The molecule has 146 valence electrons. The molecule has 29 heavy (non-hydrogen) atoms. The van der Waals surface area contributed by atoms with Crippen LogP contribution in [0.25, 0.3) is 0 Å². The van der Waals surface area contributed by atoms with Gasteiger partial charge in [-0.15, -0.1) is 0 Å². The van der Waals surface area contributed by atoms with Gasteiger partial charge in [-0.3, -0.25) is 19.5 Å². The van der Waals surface area contributed by atoms with Gasteiger partial charge in [0.2, 0.25) is 17.7 Å². The molecule has 2 heterocycles. The highest BCUT2D eigenvalue weighted by Crippen LogP contribution is 2.30. The second kappa shape index (κ2) is 8.39. The van der Waals surface area contributed by atoms with Gasteiger partial charge in [0, 0.05) is 18.1 Å². The van der Waals surface area contributed by atoms with E-state index in [9.17, 15) is 9.59 Å². The zero-order valence-electron chi connectivity index (χ0n) is 15.4. The predicted octanol–water partition coefficient (Wildman–Crippen LogP) is 3.02. The largest absolute Gasteiger partial charge is 0.491 e. The van der Waals surface area contributed by atoms with Crippen LogP contribution in [-0.2, 0) is 9.59 Å². The van der Waals surface area contributed by atoms with Crippen molar-refractivity contribution in [3.63, 3.8) is 0 Å². The maximum Gasteiger partial charge on any atom is 0.244 e. The summed E-state index contributed by atoms with van der Waals surface area (Å²) in [5, 5.41) is 2.79. The molecule has 0 spiro atoms. The number of benzene rings is 2. The van der Waals surface area contributed by atoms with Gasteiger partial charge in [-0.05, 0) is 36.4 Å². The van der Waals surface area contributed by atoms with Gasteiger partial charge in [0.1, 0.15) is 18.0 Å². The third-order valence-electron chi connectivity index (χ3n) is 4.23. The normalized spacial score (nSPS) is 13.1. The van der Waals surface area contributed by atoms with E-state index in [2.05, 4.69) is 15.3 Å². The average Bonchev–Trinajstić information content (AvgIpc) is 2.89. The zero-order valence-corrected chi connectivity index (χ0v) is 15.4. The van der Waals surface area contributed by atoms with Crippen molar-refractivity contribution < 1.29 is 19.1 Å². The van der Waals surface area contributed by atoms with Crippen molar-refractivity contribution in [3.05, 3.63) is 67.1 Å². The minimum atomic E-state index is -0.308. The molecule has 0 aliphatic carbocycles. The minimum Gasteiger partial charge on any atom is -0.491 e. The van der Waals surface area contributed by atoms with E-state index < -0.39 is 0 Å². The summed E-state index contributed by atoms with van der Waals surface area (Å²) in [4.78, 5) is 34.4. The first-order valence-electron chi connectivity index (χ1n) is 9.05. The summed E-state index contributed by atoms with van der Waals surface area (Å²) < 4.78 is 11.2. The average molecular weight is 390 g/mol. The number of amides is 2. The lowest BCUT2D eigenvalue weighted by Gasteiger charge is -2.21. The number of carbonyl (C=O) groups excluding carboxylic acids is 2. The number of carbonyl (C=O) groups is 2. The molecule has 2 aromatic carbocycles. The molecule has 0 saturated heterocycles. The Kier molecular flexibility index (Phi) is 5.33. The van der Waals surface area contributed by atoms with Gasteiger partial charge < -0.3 is 14.8 Å². The van der Waals surface area contributed by atoms with Gasteiger partial charge in [0.25, 0.3) is 0 Å². The number of nitrogens with zero attached hydrogens (tertiary/aromatic N) is 3. The van der Waals surface area contributed by atoms with Crippen LogP contribution in [0.1, 0.15) is 6.42 Å². The van der Waals surface area contributed by atoms with E-state index in [-0.39, 0.29) is 24.8 Å². The minimum absolute atomic E-state index is 0.100. The lowest BCUT2D eigenvalue weighted by molar-refractivity contribution is -0.121. The Morgan fingerprint density at radius 2 is 1.97 bits per heavy atom. The number of fused-ring (bicyclic) bond motifs is 1. The second-order valence-electron chi connectivity index (χ2n) is 6.26. The monoisotopic (exact) mass is 390 g/mol.